The van der Waals surface area contributed by atoms with Gasteiger partial charge in [0.15, 0.2) is 0 Å². The average Bonchev–Trinajstić information content (AvgIpc) is 3.28. The molecule has 2 aliphatic heterocycles. The van der Waals surface area contributed by atoms with Gasteiger partial charge < -0.3 is 4.98 Å². The zero-order valence-corrected chi connectivity index (χ0v) is 14.9. The third-order valence-electron chi connectivity index (χ3n) is 6.09. The van der Waals surface area contributed by atoms with Crippen LogP contribution in [0.5, 0.6) is 0 Å². The number of nitrogens with one attached hydrogen (secondary N) is 1. The molecule has 5 heteroatoms. The van der Waals surface area contributed by atoms with Crippen molar-refractivity contribution in [3.8, 4) is 0 Å². The summed E-state index contributed by atoms with van der Waals surface area (Å²) in [5, 5.41) is 1.21. The number of pyridine rings is 1. The number of benzene rings is 1. The second-order valence-corrected chi connectivity index (χ2v) is 7.77. The normalized spacial score (nSPS) is 26.6. The number of rotatable bonds is 3. The molecule has 0 unspecified atom stereocenters. The summed E-state index contributed by atoms with van der Waals surface area (Å²) in [5.74, 6) is 1.07. The van der Waals surface area contributed by atoms with Gasteiger partial charge in [0.1, 0.15) is 11.5 Å². The van der Waals surface area contributed by atoms with Crippen LogP contribution < -0.4 is 0 Å². The van der Waals surface area contributed by atoms with Gasteiger partial charge in [-0.25, -0.2) is 9.37 Å². The first-order valence-electron chi connectivity index (χ1n) is 9.28. The second-order valence-electron chi connectivity index (χ2n) is 7.77. The molecule has 0 radical (unpaired) electrons. The van der Waals surface area contributed by atoms with Crippen LogP contribution in [0.2, 0.25) is 0 Å². The number of nitrogens with zero attached hydrogens (tertiary/aromatic N) is 3. The van der Waals surface area contributed by atoms with Crippen LogP contribution in [-0.2, 0) is 6.54 Å². The van der Waals surface area contributed by atoms with Crippen molar-refractivity contribution in [3.63, 3.8) is 0 Å². The Morgan fingerprint density at radius 1 is 1.19 bits per heavy atom. The van der Waals surface area contributed by atoms with Crippen LogP contribution in [0.1, 0.15) is 17.2 Å². The van der Waals surface area contributed by atoms with Crippen molar-refractivity contribution in [1.29, 1.82) is 0 Å². The van der Waals surface area contributed by atoms with Crippen molar-refractivity contribution in [3.05, 3.63) is 65.7 Å². The van der Waals surface area contributed by atoms with Crippen LogP contribution in [-0.4, -0.2) is 46.4 Å². The summed E-state index contributed by atoms with van der Waals surface area (Å²) in [5.41, 5.74) is 3.38. The van der Waals surface area contributed by atoms with Crippen molar-refractivity contribution in [1.82, 2.24) is 19.8 Å². The molecule has 1 N–H and O–H groups in total. The molecule has 134 valence electrons. The minimum absolute atomic E-state index is 0.138. The van der Waals surface area contributed by atoms with Crippen LogP contribution in [0, 0.1) is 17.7 Å². The lowest BCUT2D eigenvalue weighted by atomic mass is 9.89. The highest BCUT2D eigenvalue weighted by atomic mass is 19.1. The van der Waals surface area contributed by atoms with E-state index in [4.69, 9.17) is 0 Å². The van der Waals surface area contributed by atoms with Crippen LogP contribution in [0.4, 0.5) is 4.39 Å². The first kappa shape index (κ1) is 16.0. The van der Waals surface area contributed by atoms with Gasteiger partial charge in [-0.2, -0.15) is 0 Å². The Balaban J connectivity index is 1.36. The van der Waals surface area contributed by atoms with Gasteiger partial charge in [-0.3, -0.25) is 9.80 Å². The van der Waals surface area contributed by atoms with Gasteiger partial charge in [-0.15, -0.1) is 0 Å². The predicted molar refractivity (Wildman–Crippen MR) is 100 cm³/mol. The Kier molecular flexibility index (Phi) is 3.80. The number of hydrogen-bond acceptors (Lipinski definition) is 3. The molecule has 2 saturated heterocycles. The van der Waals surface area contributed by atoms with E-state index in [1.165, 1.54) is 17.0 Å². The molecular weight excluding hydrogens is 327 g/mol. The molecule has 0 amide bonds. The summed E-state index contributed by atoms with van der Waals surface area (Å²) in [4.78, 5) is 12.6. The molecule has 0 aliphatic carbocycles. The van der Waals surface area contributed by atoms with Crippen LogP contribution in [0.25, 0.3) is 11.0 Å². The topological polar surface area (TPSA) is 35.2 Å². The number of fused-ring (bicyclic) bond motifs is 2. The molecule has 3 aromatic rings. The maximum absolute atomic E-state index is 13.7. The average molecular weight is 350 g/mol. The molecule has 1 aromatic carbocycles. The second kappa shape index (κ2) is 6.18. The summed E-state index contributed by atoms with van der Waals surface area (Å²) in [6.07, 6.45) is 3.91. The smallest absolute Gasteiger partial charge is 0.137 e. The summed E-state index contributed by atoms with van der Waals surface area (Å²) in [7, 11) is 2.17. The number of aromatic nitrogens is 2. The zero-order chi connectivity index (χ0) is 17.7. The third-order valence-corrected chi connectivity index (χ3v) is 6.09. The van der Waals surface area contributed by atoms with E-state index < -0.39 is 0 Å². The molecule has 2 aromatic heterocycles. The summed E-state index contributed by atoms with van der Waals surface area (Å²) in [6, 6.07) is 11.6. The number of aromatic amines is 1. The fourth-order valence-corrected chi connectivity index (χ4v) is 5.06. The molecular formula is C21H23FN4. The van der Waals surface area contributed by atoms with Crippen molar-refractivity contribution in [2.75, 3.05) is 26.7 Å². The van der Waals surface area contributed by atoms with Crippen LogP contribution in [0.15, 0.2) is 48.8 Å². The Hall–Kier alpha value is -2.24. The maximum atomic E-state index is 13.7. The van der Waals surface area contributed by atoms with Crippen LogP contribution >= 0.6 is 0 Å². The molecule has 2 fully saturated rings. The first-order valence-corrected chi connectivity index (χ1v) is 9.28. The molecule has 4 nitrogen and oxygen atoms in total. The van der Waals surface area contributed by atoms with E-state index in [2.05, 4.69) is 45.1 Å². The lowest BCUT2D eigenvalue weighted by Gasteiger charge is -2.26. The lowest BCUT2D eigenvalue weighted by molar-refractivity contribution is 0.224. The molecule has 4 heterocycles. The Bertz CT molecular complexity index is 936. The van der Waals surface area contributed by atoms with Crippen LogP contribution in [0.3, 0.4) is 0 Å². The van der Waals surface area contributed by atoms with E-state index >= 15 is 0 Å². The third kappa shape index (κ3) is 2.63. The monoisotopic (exact) mass is 350 g/mol. The first-order chi connectivity index (χ1) is 12.7. The van der Waals surface area contributed by atoms with Crippen molar-refractivity contribution < 1.29 is 4.39 Å². The molecule has 0 bridgehead atoms. The predicted octanol–water partition coefficient (Wildman–Crippen LogP) is 3.44. The minimum Gasteiger partial charge on any atom is -0.346 e. The van der Waals surface area contributed by atoms with Gasteiger partial charge in [0, 0.05) is 50.0 Å². The minimum atomic E-state index is -0.138. The summed E-state index contributed by atoms with van der Waals surface area (Å²) < 4.78 is 13.7. The van der Waals surface area contributed by atoms with Crippen molar-refractivity contribution in [2.24, 2.45) is 11.8 Å². The van der Waals surface area contributed by atoms with Gasteiger partial charge in [-0.1, -0.05) is 12.1 Å². The van der Waals surface area contributed by atoms with E-state index in [1.54, 1.807) is 6.07 Å². The van der Waals surface area contributed by atoms with Gasteiger partial charge in [0.05, 0.1) is 0 Å². The van der Waals surface area contributed by atoms with Gasteiger partial charge in [-0.05, 0) is 54.3 Å². The summed E-state index contributed by atoms with van der Waals surface area (Å²) >= 11 is 0. The lowest BCUT2D eigenvalue weighted by Crippen LogP contribution is -2.28. The fraction of sp³-hybridized carbons (Fsp3) is 0.381. The molecule has 0 saturated carbocycles. The molecule has 5 rings (SSSR count). The SMILES string of the molecule is CN1C[C@H]2CN(Cc3c[nH]c4ncccc34)C[C@H]2[C@@H]1c1cccc(F)c1. The highest BCUT2D eigenvalue weighted by Gasteiger charge is 2.46. The number of hydrogen-bond donors (Lipinski definition) is 1. The highest BCUT2D eigenvalue weighted by Crippen LogP contribution is 2.44. The Morgan fingerprint density at radius 3 is 3.00 bits per heavy atom. The largest absolute Gasteiger partial charge is 0.346 e. The molecule has 2 aliphatic rings. The maximum Gasteiger partial charge on any atom is 0.137 e. The zero-order valence-electron chi connectivity index (χ0n) is 14.9. The van der Waals surface area contributed by atoms with E-state index in [1.807, 2.05) is 18.3 Å². The van der Waals surface area contributed by atoms with Crippen molar-refractivity contribution >= 4 is 11.0 Å². The van der Waals surface area contributed by atoms with Crippen molar-refractivity contribution in [2.45, 2.75) is 12.6 Å². The number of likely N-dealkylation sites (tertiary alicyclic amines) is 2. The van der Waals surface area contributed by atoms with E-state index in [9.17, 15) is 4.39 Å². The fourth-order valence-electron chi connectivity index (χ4n) is 5.06. The highest BCUT2D eigenvalue weighted by molar-refractivity contribution is 5.79. The van der Waals surface area contributed by atoms with E-state index in [0.29, 0.717) is 17.9 Å². The molecule has 26 heavy (non-hydrogen) atoms. The van der Waals surface area contributed by atoms with E-state index in [-0.39, 0.29) is 5.82 Å². The Labute approximate surface area is 152 Å². The van der Waals surface area contributed by atoms with Gasteiger partial charge in [0.2, 0.25) is 0 Å². The Morgan fingerprint density at radius 2 is 2.12 bits per heavy atom. The van der Waals surface area contributed by atoms with Gasteiger partial charge in [0.25, 0.3) is 0 Å². The molecule has 3 atom stereocenters. The quantitative estimate of drug-likeness (QED) is 0.786. The standard InChI is InChI=1S/C21H23FN4/c1-25-10-16-12-26(11-15-9-24-21-18(15)6-3-7-23-21)13-19(16)20(25)14-4-2-5-17(22)8-14/h2-9,16,19-20H,10-13H2,1H3,(H,23,24)/t16-,19+,20-/m0/s1. The van der Waals surface area contributed by atoms with Gasteiger partial charge >= 0.3 is 0 Å². The number of H-pyrrole nitrogens is 1. The summed E-state index contributed by atoms with van der Waals surface area (Å²) in [6.45, 7) is 4.19. The number of halogens is 1. The molecule has 0 spiro atoms. The van der Waals surface area contributed by atoms with E-state index in [0.717, 1.165) is 37.4 Å².